The van der Waals surface area contributed by atoms with Gasteiger partial charge in [0.1, 0.15) is 6.04 Å². The Morgan fingerprint density at radius 2 is 2.12 bits per heavy atom. The Morgan fingerprint density at radius 1 is 1.50 bits per heavy atom. The highest BCUT2D eigenvalue weighted by Crippen LogP contribution is 2.27. The van der Waals surface area contributed by atoms with Crippen molar-refractivity contribution >= 4 is 5.91 Å². The molecule has 2 N–H and O–H groups in total. The topological polar surface area (TPSA) is 46.3 Å². The first-order valence-electron chi connectivity index (χ1n) is 5.42. The zero-order valence-electron chi connectivity index (χ0n) is 9.26. The fraction of sp³-hybridized carbons (Fsp3) is 0.900. The van der Waals surface area contributed by atoms with Crippen LogP contribution in [-0.4, -0.2) is 36.1 Å². The summed E-state index contributed by atoms with van der Waals surface area (Å²) >= 11 is 0. The molecule has 0 saturated carbocycles. The first-order chi connectivity index (χ1) is 7.36. The molecule has 94 valence electrons. The van der Waals surface area contributed by atoms with Crippen molar-refractivity contribution < 1.29 is 18.0 Å². The highest BCUT2D eigenvalue weighted by Gasteiger charge is 2.44. The summed E-state index contributed by atoms with van der Waals surface area (Å²) in [6.45, 7) is 1.53. The Hall–Kier alpha value is -0.780. The van der Waals surface area contributed by atoms with E-state index in [9.17, 15) is 18.0 Å². The number of likely N-dealkylation sites (tertiary alicyclic amines) is 1. The van der Waals surface area contributed by atoms with Crippen molar-refractivity contribution in [3.8, 4) is 0 Å². The average Bonchev–Trinajstić information content (AvgIpc) is 2.31. The summed E-state index contributed by atoms with van der Waals surface area (Å²) in [5, 5.41) is 0. The number of alkyl halides is 3. The molecule has 3 nitrogen and oxygen atoms in total. The van der Waals surface area contributed by atoms with Crippen molar-refractivity contribution in [3.05, 3.63) is 0 Å². The summed E-state index contributed by atoms with van der Waals surface area (Å²) < 4.78 is 37.9. The molecule has 1 aliphatic heterocycles. The molecule has 1 fully saturated rings. The number of nitrogens with zero attached hydrogens (tertiary/aromatic N) is 1. The van der Waals surface area contributed by atoms with Crippen LogP contribution in [0.2, 0.25) is 0 Å². The van der Waals surface area contributed by atoms with Gasteiger partial charge in [0.25, 0.3) is 0 Å². The molecule has 0 aliphatic carbocycles. The predicted octanol–water partition coefficient (Wildman–Crippen LogP) is 1.52. The lowest BCUT2D eigenvalue weighted by atomic mass is 10.0. The monoisotopic (exact) mass is 238 g/mol. The second kappa shape index (κ2) is 5.03. The molecule has 1 saturated heterocycles. The SMILES string of the molecule is CC1CCC(=O)N(C(CN)C(F)(F)F)CC1. The van der Waals surface area contributed by atoms with Gasteiger partial charge in [-0.2, -0.15) is 13.2 Å². The van der Waals surface area contributed by atoms with E-state index in [-0.39, 0.29) is 13.0 Å². The lowest BCUT2D eigenvalue weighted by Gasteiger charge is -2.31. The van der Waals surface area contributed by atoms with Crippen LogP contribution in [-0.2, 0) is 4.79 Å². The van der Waals surface area contributed by atoms with Crippen LogP contribution in [0.5, 0.6) is 0 Å². The molecule has 2 unspecified atom stereocenters. The summed E-state index contributed by atoms with van der Waals surface area (Å²) in [6.07, 6.45) is -2.98. The Balaban J connectivity index is 2.79. The van der Waals surface area contributed by atoms with E-state index in [4.69, 9.17) is 5.73 Å². The van der Waals surface area contributed by atoms with Crippen LogP contribution >= 0.6 is 0 Å². The van der Waals surface area contributed by atoms with E-state index in [0.717, 1.165) is 4.90 Å². The molecule has 0 bridgehead atoms. The van der Waals surface area contributed by atoms with E-state index >= 15 is 0 Å². The van der Waals surface area contributed by atoms with E-state index in [1.807, 2.05) is 6.92 Å². The zero-order valence-corrected chi connectivity index (χ0v) is 9.26. The van der Waals surface area contributed by atoms with Crippen LogP contribution in [0.1, 0.15) is 26.2 Å². The van der Waals surface area contributed by atoms with Crippen molar-refractivity contribution in [1.82, 2.24) is 4.90 Å². The average molecular weight is 238 g/mol. The number of hydrogen-bond donors (Lipinski definition) is 1. The van der Waals surface area contributed by atoms with E-state index in [2.05, 4.69) is 0 Å². The minimum absolute atomic E-state index is 0.154. The fourth-order valence-corrected chi connectivity index (χ4v) is 1.91. The van der Waals surface area contributed by atoms with Crippen molar-refractivity contribution in [2.75, 3.05) is 13.1 Å². The third-order valence-electron chi connectivity index (χ3n) is 3.01. The lowest BCUT2D eigenvalue weighted by molar-refractivity contribution is -0.187. The summed E-state index contributed by atoms with van der Waals surface area (Å²) in [5.74, 6) is -0.141. The van der Waals surface area contributed by atoms with Crippen molar-refractivity contribution in [1.29, 1.82) is 0 Å². The molecule has 16 heavy (non-hydrogen) atoms. The van der Waals surface area contributed by atoms with Gasteiger partial charge in [-0.25, -0.2) is 0 Å². The first-order valence-corrected chi connectivity index (χ1v) is 5.42. The molecule has 1 amide bonds. The second-order valence-corrected chi connectivity index (χ2v) is 4.31. The van der Waals surface area contributed by atoms with Gasteiger partial charge >= 0.3 is 6.18 Å². The largest absolute Gasteiger partial charge is 0.410 e. The fourth-order valence-electron chi connectivity index (χ4n) is 1.91. The molecule has 1 heterocycles. The van der Waals surface area contributed by atoms with Crippen molar-refractivity contribution in [3.63, 3.8) is 0 Å². The van der Waals surface area contributed by atoms with Crippen LogP contribution in [0.25, 0.3) is 0 Å². The number of halogens is 3. The van der Waals surface area contributed by atoms with Gasteiger partial charge < -0.3 is 10.6 Å². The maximum absolute atomic E-state index is 12.6. The third-order valence-corrected chi connectivity index (χ3v) is 3.01. The van der Waals surface area contributed by atoms with Gasteiger partial charge in [0, 0.05) is 19.5 Å². The van der Waals surface area contributed by atoms with Crippen LogP contribution in [0.3, 0.4) is 0 Å². The zero-order chi connectivity index (χ0) is 12.3. The van der Waals surface area contributed by atoms with Crippen molar-refractivity contribution in [2.24, 2.45) is 11.7 Å². The Morgan fingerprint density at radius 3 is 2.62 bits per heavy atom. The highest BCUT2D eigenvalue weighted by atomic mass is 19.4. The Kier molecular flexibility index (Phi) is 4.18. The van der Waals surface area contributed by atoms with E-state index < -0.39 is 24.7 Å². The number of carbonyl (C=O) groups is 1. The van der Waals surface area contributed by atoms with Gasteiger partial charge in [0.05, 0.1) is 0 Å². The summed E-state index contributed by atoms with van der Waals surface area (Å²) in [6, 6.07) is -1.83. The maximum atomic E-state index is 12.6. The van der Waals surface area contributed by atoms with Crippen LogP contribution in [0.4, 0.5) is 13.2 Å². The standard InChI is InChI=1S/C10H17F3N2O/c1-7-2-3-9(16)15(5-4-7)8(6-14)10(11,12)13/h7-8H,2-6,14H2,1H3. The first kappa shape index (κ1) is 13.3. The molecule has 0 radical (unpaired) electrons. The molecule has 2 atom stereocenters. The summed E-state index contributed by atoms with van der Waals surface area (Å²) in [7, 11) is 0. The smallest absolute Gasteiger partial charge is 0.329 e. The number of amides is 1. The molecule has 0 aromatic rings. The molecule has 0 aromatic heterocycles. The quantitative estimate of drug-likeness (QED) is 0.793. The lowest BCUT2D eigenvalue weighted by Crippen LogP contribution is -2.52. The molecule has 0 spiro atoms. The third kappa shape index (κ3) is 3.10. The van der Waals surface area contributed by atoms with Crippen LogP contribution < -0.4 is 5.73 Å². The number of nitrogens with two attached hydrogens (primary N) is 1. The molecule has 1 rings (SSSR count). The van der Waals surface area contributed by atoms with E-state index in [0.29, 0.717) is 18.8 Å². The van der Waals surface area contributed by atoms with Gasteiger partial charge in [0.15, 0.2) is 0 Å². The second-order valence-electron chi connectivity index (χ2n) is 4.31. The van der Waals surface area contributed by atoms with Gasteiger partial charge in [-0.3, -0.25) is 4.79 Å². The molecule has 0 aromatic carbocycles. The normalized spacial score (nSPS) is 25.4. The van der Waals surface area contributed by atoms with Gasteiger partial charge in [-0.05, 0) is 18.8 Å². The Bertz CT molecular complexity index is 255. The molecular formula is C10H17F3N2O. The Labute approximate surface area is 92.8 Å². The van der Waals surface area contributed by atoms with Gasteiger partial charge in [-0.15, -0.1) is 0 Å². The van der Waals surface area contributed by atoms with E-state index in [1.165, 1.54) is 0 Å². The predicted molar refractivity (Wildman–Crippen MR) is 53.6 cm³/mol. The van der Waals surface area contributed by atoms with Crippen LogP contribution in [0, 0.1) is 5.92 Å². The summed E-state index contributed by atoms with van der Waals surface area (Å²) in [4.78, 5) is 12.5. The maximum Gasteiger partial charge on any atom is 0.410 e. The minimum atomic E-state index is -4.43. The van der Waals surface area contributed by atoms with Gasteiger partial charge in [-0.1, -0.05) is 6.92 Å². The summed E-state index contributed by atoms with van der Waals surface area (Å²) in [5.41, 5.74) is 5.12. The molecule has 6 heteroatoms. The van der Waals surface area contributed by atoms with E-state index in [1.54, 1.807) is 0 Å². The van der Waals surface area contributed by atoms with Crippen molar-refractivity contribution in [2.45, 2.75) is 38.4 Å². The molecular weight excluding hydrogens is 221 g/mol. The van der Waals surface area contributed by atoms with Gasteiger partial charge in [0.2, 0.25) is 5.91 Å². The number of rotatable bonds is 2. The molecule has 1 aliphatic rings. The van der Waals surface area contributed by atoms with Crippen LogP contribution in [0.15, 0.2) is 0 Å². The minimum Gasteiger partial charge on any atom is -0.329 e. The number of hydrogen-bond acceptors (Lipinski definition) is 2. The highest BCUT2D eigenvalue weighted by molar-refractivity contribution is 5.76. The number of carbonyl (C=O) groups excluding carboxylic acids is 1.